The quantitative estimate of drug-likeness (QED) is 0.776. The monoisotopic (exact) mass is 225 g/mol. The number of carboxylic acids is 1. The maximum atomic E-state index is 11.7. The Labute approximate surface area is 92.7 Å². The molecular weight excluding hydrogens is 210 g/mol. The molecule has 0 saturated carbocycles. The van der Waals surface area contributed by atoms with Gasteiger partial charge in [-0.2, -0.15) is 0 Å². The molecule has 0 radical (unpaired) electrons. The highest BCUT2D eigenvalue weighted by Gasteiger charge is 2.26. The lowest BCUT2D eigenvalue weighted by Gasteiger charge is -2.20. The van der Waals surface area contributed by atoms with Crippen molar-refractivity contribution < 1.29 is 9.90 Å². The highest BCUT2D eigenvalue weighted by molar-refractivity contribution is 5.72. The second-order valence-electron chi connectivity index (χ2n) is 3.99. The van der Waals surface area contributed by atoms with Crippen LogP contribution < -0.4 is 11.3 Å². The Kier molecular flexibility index (Phi) is 3.31. The predicted octanol–water partition coefficient (Wildman–Crippen LogP) is 0.416. The van der Waals surface area contributed by atoms with Gasteiger partial charge in [-0.3, -0.25) is 9.36 Å². The molecule has 0 saturated heterocycles. The minimum Gasteiger partial charge on any atom is -0.480 e. The van der Waals surface area contributed by atoms with Gasteiger partial charge in [-0.1, -0.05) is 13.8 Å². The molecule has 1 atom stereocenters. The number of aryl methyl sites for hydroxylation is 1. The number of hydrogen-bond acceptors (Lipinski definition) is 4. The molecular formula is C10H15N3O3. The van der Waals surface area contributed by atoms with Crippen LogP contribution in [0.5, 0.6) is 0 Å². The molecule has 16 heavy (non-hydrogen) atoms. The van der Waals surface area contributed by atoms with Gasteiger partial charge in [0.05, 0.1) is 0 Å². The number of aliphatic carboxylic acids is 1. The molecule has 0 amide bonds. The van der Waals surface area contributed by atoms with E-state index in [1.807, 2.05) is 0 Å². The van der Waals surface area contributed by atoms with E-state index in [0.717, 1.165) is 4.57 Å². The Balaban J connectivity index is 3.41. The van der Waals surface area contributed by atoms with Gasteiger partial charge in [0.2, 0.25) is 5.95 Å². The van der Waals surface area contributed by atoms with Crippen LogP contribution in [0.2, 0.25) is 0 Å². The Hall–Kier alpha value is -1.85. The Morgan fingerprint density at radius 2 is 2.12 bits per heavy atom. The van der Waals surface area contributed by atoms with Gasteiger partial charge in [0.1, 0.15) is 6.04 Å². The van der Waals surface area contributed by atoms with Gasteiger partial charge in [-0.15, -0.1) is 0 Å². The summed E-state index contributed by atoms with van der Waals surface area (Å²) in [5, 5.41) is 9.07. The summed E-state index contributed by atoms with van der Waals surface area (Å²) in [5.74, 6) is -1.40. The smallest absolute Gasteiger partial charge is 0.327 e. The molecule has 3 N–H and O–H groups in total. The Bertz CT molecular complexity index is 465. The van der Waals surface area contributed by atoms with Crippen molar-refractivity contribution in [1.82, 2.24) is 9.55 Å². The van der Waals surface area contributed by atoms with Crippen molar-refractivity contribution >= 4 is 11.9 Å². The van der Waals surface area contributed by atoms with Gasteiger partial charge in [-0.25, -0.2) is 9.78 Å². The molecule has 6 heteroatoms. The van der Waals surface area contributed by atoms with Crippen molar-refractivity contribution in [2.75, 3.05) is 5.73 Å². The second-order valence-corrected chi connectivity index (χ2v) is 3.99. The number of nitrogens with zero attached hydrogens (tertiary/aromatic N) is 2. The van der Waals surface area contributed by atoms with Gasteiger partial charge in [0, 0.05) is 11.8 Å². The number of carbonyl (C=O) groups is 1. The lowest BCUT2D eigenvalue weighted by molar-refractivity contribution is -0.142. The van der Waals surface area contributed by atoms with Crippen molar-refractivity contribution in [2.45, 2.75) is 26.8 Å². The van der Waals surface area contributed by atoms with E-state index in [9.17, 15) is 9.59 Å². The molecule has 1 unspecified atom stereocenters. The average molecular weight is 225 g/mol. The largest absolute Gasteiger partial charge is 0.480 e. The van der Waals surface area contributed by atoms with E-state index in [4.69, 9.17) is 10.8 Å². The topological polar surface area (TPSA) is 98.2 Å². The van der Waals surface area contributed by atoms with Gasteiger partial charge in [0.25, 0.3) is 5.56 Å². The molecule has 0 aliphatic rings. The zero-order valence-corrected chi connectivity index (χ0v) is 9.47. The lowest BCUT2D eigenvalue weighted by atomic mass is 10.0. The van der Waals surface area contributed by atoms with E-state index in [2.05, 4.69) is 4.98 Å². The fourth-order valence-electron chi connectivity index (χ4n) is 1.60. The molecule has 1 heterocycles. The first-order valence-corrected chi connectivity index (χ1v) is 4.93. The normalized spacial score (nSPS) is 12.8. The molecule has 1 aromatic heterocycles. The van der Waals surface area contributed by atoms with E-state index < -0.39 is 17.6 Å². The number of nitrogen functional groups attached to an aromatic ring is 1. The molecule has 0 aromatic carbocycles. The summed E-state index contributed by atoms with van der Waals surface area (Å²) in [4.78, 5) is 26.7. The summed E-state index contributed by atoms with van der Waals surface area (Å²) in [6, 6.07) is 0.287. The summed E-state index contributed by atoms with van der Waals surface area (Å²) >= 11 is 0. The van der Waals surface area contributed by atoms with Crippen molar-refractivity contribution in [3.8, 4) is 0 Å². The molecule has 0 aliphatic heterocycles. The van der Waals surface area contributed by atoms with Crippen LogP contribution in [0, 0.1) is 12.8 Å². The fraction of sp³-hybridized carbons (Fsp3) is 0.500. The first-order chi connectivity index (χ1) is 7.34. The summed E-state index contributed by atoms with van der Waals surface area (Å²) in [6.45, 7) is 5.06. The van der Waals surface area contributed by atoms with E-state index in [0.29, 0.717) is 5.69 Å². The van der Waals surface area contributed by atoms with Crippen molar-refractivity contribution in [1.29, 1.82) is 0 Å². The first kappa shape index (κ1) is 12.2. The van der Waals surface area contributed by atoms with Crippen LogP contribution in [0.4, 0.5) is 5.95 Å². The highest BCUT2D eigenvalue weighted by atomic mass is 16.4. The molecule has 6 nitrogen and oxygen atoms in total. The minimum absolute atomic E-state index is 0.0638. The first-order valence-electron chi connectivity index (χ1n) is 4.93. The van der Waals surface area contributed by atoms with Crippen LogP contribution in [0.1, 0.15) is 25.6 Å². The van der Waals surface area contributed by atoms with Crippen LogP contribution in [0.25, 0.3) is 0 Å². The van der Waals surface area contributed by atoms with Gasteiger partial charge < -0.3 is 10.8 Å². The predicted molar refractivity (Wildman–Crippen MR) is 59.2 cm³/mol. The molecule has 88 valence electrons. The maximum absolute atomic E-state index is 11.7. The van der Waals surface area contributed by atoms with Gasteiger partial charge in [0.15, 0.2) is 0 Å². The molecule has 1 aromatic rings. The Morgan fingerprint density at radius 1 is 1.56 bits per heavy atom. The second kappa shape index (κ2) is 4.34. The zero-order valence-electron chi connectivity index (χ0n) is 9.47. The number of aromatic nitrogens is 2. The number of rotatable bonds is 3. The van der Waals surface area contributed by atoms with Crippen LogP contribution in [-0.2, 0) is 4.79 Å². The van der Waals surface area contributed by atoms with E-state index in [1.165, 1.54) is 6.07 Å². The Morgan fingerprint density at radius 3 is 2.50 bits per heavy atom. The van der Waals surface area contributed by atoms with Crippen LogP contribution in [0.3, 0.4) is 0 Å². The third kappa shape index (κ3) is 2.21. The molecule has 0 bridgehead atoms. The van der Waals surface area contributed by atoms with Crippen LogP contribution in [0.15, 0.2) is 10.9 Å². The molecule has 0 spiro atoms. The molecule has 0 aliphatic carbocycles. The van der Waals surface area contributed by atoms with E-state index >= 15 is 0 Å². The highest BCUT2D eigenvalue weighted by Crippen LogP contribution is 2.18. The SMILES string of the molecule is Cc1cc(=O)n(C(C(=O)O)C(C)C)c(N)n1. The third-order valence-corrected chi connectivity index (χ3v) is 2.27. The standard InChI is InChI=1S/C10H15N3O3/c1-5(2)8(9(15)16)13-7(14)4-6(3)12-10(13)11/h4-5,8H,1-3H3,(H2,11,12)(H,15,16). The summed E-state index contributed by atoms with van der Waals surface area (Å²) in [6.07, 6.45) is 0. The third-order valence-electron chi connectivity index (χ3n) is 2.27. The molecule has 0 fully saturated rings. The van der Waals surface area contributed by atoms with Crippen LogP contribution >= 0.6 is 0 Å². The van der Waals surface area contributed by atoms with Crippen molar-refractivity contribution in [2.24, 2.45) is 5.92 Å². The summed E-state index contributed by atoms with van der Waals surface area (Å²) in [5.41, 5.74) is 5.63. The number of anilines is 1. The number of nitrogens with two attached hydrogens (primary N) is 1. The maximum Gasteiger partial charge on any atom is 0.327 e. The van der Waals surface area contributed by atoms with Gasteiger partial charge in [-0.05, 0) is 12.8 Å². The fourth-order valence-corrected chi connectivity index (χ4v) is 1.60. The number of carboxylic acid groups (broad SMARTS) is 1. The van der Waals surface area contributed by atoms with Crippen molar-refractivity contribution in [3.05, 3.63) is 22.1 Å². The average Bonchev–Trinajstić information content (AvgIpc) is 2.09. The van der Waals surface area contributed by atoms with E-state index in [1.54, 1.807) is 20.8 Å². The summed E-state index contributed by atoms with van der Waals surface area (Å²) in [7, 11) is 0. The van der Waals surface area contributed by atoms with E-state index in [-0.39, 0.29) is 11.9 Å². The van der Waals surface area contributed by atoms with Crippen molar-refractivity contribution in [3.63, 3.8) is 0 Å². The number of hydrogen-bond donors (Lipinski definition) is 2. The summed E-state index contributed by atoms with van der Waals surface area (Å²) < 4.78 is 1.01. The minimum atomic E-state index is -1.09. The zero-order chi connectivity index (χ0) is 12.5. The van der Waals surface area contributed by atoms with Crippen LogP contribution in [-0.4, -0.2) is 20.6 Å². The molecule has 1 rings (SSSR count). The lowest BCUT2D eigenvalue weighted by Crippen LogP contribution is -2.35. The van der Waals surface area contributed by atoms with Gasteiger partial charge >= 0.3 is 5.97 Å².